The predicted molar refractivity (Wildman–Crippen MR) is 86.1 cm³/mol. The van der Waals surface area contributed by atoms with E-state index < -0.39 is 11.9 Å². The lowest BCUT2D eigenvalue weighted by atomic mass is 9.86. The molecule has 2 atom stereocenters. The minimum atomic E-state index is -0.728. The van der Waals surface area contributed by atoms with Gasteiger partial charge in [-0.25, -0.2) is 0 Å². The number of aryl methyl sites for hydroxylation is 1. The monoisotopic (exact) mass is 298 g/mol. The van der Waals surface area contributed by atoms with Gasteiger partial charge in [-0.15, -0.1) is 11.8 Å². The van der Waals surface area contributed by atoms with Gasteiger partial charge >= 0.3 is 5.97 Å². The van der Waals surface area contributed by atoms with Crippen LogP contribution in [-0.2, 0) is 4.79 Å². The Hall–Kier alpha value is -1.74. The molecular formula is C18H18O2S. The Kier molecular flexibility index (Phi) is 4.02. The van der Waals surface area contributed by atoms with E-state index in [1.54, 1.807) is 0 Å². The highest BCUT2D eigenvalue weighted by atomic mass is 32.2. The third-order valence-corrected chi connectivity index (χ3v) is 5.35. The molecule has 2 unspecified atom stereocenters. The molecule has 2 nitrogen and oxygen atoms in total. The van der Waals surface area contributed by atoms with Crippen molar-refractivity contribution in [2.75, 3.05) is 5.75 Å². The summed E-state index contributed by atoms with van der Waals surface area (Å²) in [7, 11) is 0. The van der Waals surface area contributed by atoms with E-state index in [-0.39, 0.29) is 0 Å². The lowest BCUT2D eigenvalue weighted by Crippen LogP contribution is -2.15. The molecule has 1 N–H and O–H groups in total. The van der Waals surface area contributed by atoms with Crippen molar-refractivity contribution in [1.29, 1.82) is 0 Å². The second-order valence-electron chi connectivity index (χ2n) is 5.58. The molecule has 0 saturated heterocycles. The molecule has 3 heteroatoms. The summed E-state index contributed by atoms with van der Waals surface area (Å²) in [5.41, 5.74) is 3.37. The first-order valence-corrected chi connectivity index (χ1v) is 8.15. The van der Waals surface area contributed by atoms with Crippen LogP contribution in [0.4, 0.5) is 0 Å². The molecular weight excluding hydrogens is 280 g/mol. The van der Waals surface area contributed by atoms with Gasteiger partial charge in [0.15, 0.2) is 0 Å². The molecule has 108 valence electrons. The van der Waals surface area contributed by atoms with E-state index >= 15 is 0 Å². The summed E-state index contributed by atoms with van der Waals surface area (Å²) in [6, 6.07) is 16.2. The second kappa shape index (κ2) is 5.94. The minimum absolute atomic E-state index is 0.327. The Morgan fingerprint density at radius 2 is 1.95 bits per heavy atom. The molecule has 1 aliphatic heterocycles. The largest absolute Gasteiger partial charge is 0.481 e. The summed E-state index contributed by atoms with van der Waals surface area (Å²) in [5, 5.41) is 9.60. The smallest absolute Gasteiger partial charge is 0.310 e. The van der Waals surface area contributed by atoms with Gasteiger partial charge < -0.3 is 5.11 Å². The zero-order valence-electron chi connectivity index (χ0n) is 12.0. The average Bonchev–Trinajstić information content (AvgIpc) is 2.89. The van der Waals surface area contributed by atoms with Crippen LogP contribution < -0.4 is 0 Å². The van der Waals surface area contributed by atoms with Gasteiger partial charge in [0.25, 0.3) is 0 Å². The summed E-state index contributed by atoms with van der Waals surface area (Å²) in [4.78, 5) is 13.0. The van der Waals surface area contributed by atoms with Crippen LogP contribution in [0.3, 0.4) is 0 Å². The van der Waals surface area contributed by atoms with Gasteiger partial charge in [0, 0.05) is 10.6 Å². The first-order valence-electron chi connectivity index (χ1n) is 7.16. The summed E-state index contributed by atoms with van der Waals surface area (Å²) in [6.07, 6.45) is 0.669. The quantitative estimate of drug-likeness (QED) is 0.906. The fraction of sp³-hybridized carbons (Fsp3) is 0.278. The molecule has 2 aromatic carbocycles. The van der Waals surface area contributed by atoms with Crippen molar-refractivity contribution < 1.29 is 9.90 Å². The Bertz CT molecular complexity index is 649. The van der Waals surface area contributed by atoms with Gasteiger partial charge in [-0.05, 0) is 36.5 Å². The number of rotatable bonds is 4. The highest BCUT2D eigenvalue weighted by Gasteiger charge is 2.29. The molecule has 0 bridgehead atoms. The highest BCUT2D eigenvalue weighted by molar-refractivity contribution is 7.99. The van der Waals surface area contributed by atoms with Crippen LogP contribution in [0.5, 0.6) is 0 Å². The summed E-state index contributed by atoms with van der Waals surface area (Å²) in [6.45, 7) is 2.02. The van der Waals surface area contributed by atoms with Gasteiger partial charge in [-0.3, -0.25) is 4.79 Å². The normalized spacial score (nSPS) is 18.2. The van der Waals surface area contributed by atoms with Crippen molar-refractivity contribution >= 4 is 17.7 Å². The van der Waals surface area contributed by atoms with E-state index in [1.165, 1.54) is 10.5 Å². The van der Waals surface area contributed by atoms with Crippen molar-refractivity contribution in [2.45, 2.75) is 30.1 Å². The minimum Gasteiger partial charge on any atom is -0.481 e. The van der Waals surface area contributed by atoms with Gasteiger partial charge in [-0.2, -0.15) is 0 Å². The highest BCUT2D eigenvalue weighted by Crippen LogP contribution is 2.43. The summed E-state index contributed by atoms with van der Waals surface area (Å²) >= 11 is 1.83. The zero-order valence-corrected chi connectivity index (χ0v) is 12.8. The number of carboxylic acids is 1. The Morgan fingerprint density at radius 1 is 1.24 bits per heavy atom. The topological polar surface area (TPSA) is 37.3 Å². The number of fused-ring (bicyclic) bond motifs is 1. The average molecular weight is 298 g/mol. The zero-order chi connectivity index (χ0) is 14.8. The number of carboxylic acid groups (broad SMARTS) is 1. The Balaban J connectivity index is 1.84. The Morgan fingerprint density at radius 3 is 2.67 bits per heavy atom. The summed E-state index contributed by atoms with van der Waals surface area (Å²) in [5.74, 6) is 0.152. The van der Waals surface area contributed by atoms with E-state index in [4.69, 9.17) is 0 Å². The molecule has 1 aliphatic rings. The molecule has 2 aromatic rings. The van der Waals surface area contributed by atoms with Crippen LogP contribution in [0, 0.1) is 6.92 Å². The number of hydrogen-bond donors (Lipinski definition) is 1. The number of thioether (sulfide) groups is 1. The van der Waals surface area contributed by atoms with E-state index in [2.05, 4.69) is 12.1 Å². The first kappa shape index (κ1) is 14.2. The van der Waals surface area contributed by atoms with Gasteiger partial charge in [0.2, 0.25) is 0 Å². The van der Waals surface area contributed by atoms with Crippen LogP contribution in [-0.4, -0.2) is 16.8 Å². The maximum Gasteiger partial charge on any atom is 0.310 e. The molecule has 0 aliphatic carbocycles. The van der Waals surface area contributed by atoms with Crippen molar-refractivity contribution in [3.05, 3.63) is 65.2 Å². The van der Waals surface area contributed by atoms with Gasteiger partial charge in [-0.1, -0.05) is 48.0 Å². The van der Waals surface area contributed by atoms with Crippen molar-refractivity contribution in [2.24, 2.45) is 0 Å². The maximum absolute atomic E-state index is 11.7. The number of aliphatic carboxylic acids is 1. The Labute approximate surface area is 129 Å². The maximum atomic E-state index is 11.7. The van der Waals surface area contributed by atoms with Crippen LogP contribution in [0.1, 0.15) is 34.9 Å². The molecule has 0 radical (unpaired) electrons. The molecule has 1 heterocycles. The van der Waals surface area contributed by atoms with Crippen LogP contribution in [0.15, 0.2) is 53.4 Å². The van der Waals surface area contributed by atoms with E-state index in [0.29, 0.717) is 12.3 Å². The number of carbonyl (C=O) groups is 1. The van der Waals surface area contributed by atoms with Gasteiger partial charge in [0.05, 0.1) is 5.92 Å². The number of hydrogen-bond acceptors (Lipinski definition) is 2. The second-order valence-corrected chi connectivity index (χ2v) is 6.64. The molecule has 0 fully saturated rings. The lowest BCUT2D eigenvalue weighted by Gasteiger charge is -2.18. The molecule has 0 aromatic heterocycles. The standard InChI is InChI=1S/C18H18O2S/c1-12-6-8-13(9-7-12)16(18(19)20)10-14-11-21-17-5-3-2-4-15(14)17/h2-9,14,16H,10-11H2,1H3,(H,19,20). The fourth-order valence-corrected chi connectivity index (χ4v) is 4.16. The number of benzene rings is 2. The fourth-order valence-electron chi connectivity index (χ4n) is 2.89. The van der Waals surface area contributed by atoms with Crippen molar-refractivity contribution in [1.82, 2.24) is 0 Å². The van der Waals surface area contributed by atoms with Crippen LogP contribution in [0.2, 0.25) is 0 Å². The first-order chi connectivity index (χ1) is 10.1. The molecule has 0 saturated carbocycles. The lowest BCUT2D eigenvalue weighted by molar-refractivity contribution is -0.139. The third-order valence-electron chi connectivity index (χ3n) is 4.10. The molecule has 0 amide bonds. The molecule has 21 heavy (non-hydrogen) atoms. The van der Waals surface area contributed by atoms with E-state index in [9.17, 15) is 9.90 Å². The van der Waals surface area contributed by atoms with Crippen LogP contribution in [0.25, 0.3) is 0 Å². The van der Waals surface area contributed by atoms with E-state index in [1.807, 2.05) is 55.1 Å². The van der Waals surface area contributed by atoms with Crippen molar-refractivity contribution in [3.8, 4) is 0 Å². The van der Waals surface area contributed by atoms with Gasteiger partial charge in [0.1, 0.15) is 0 Å². The van der Waals surface area contributed by atoms with Crippen LogP contribution >= 0.6 is 11.8 Å². The SMILES string of the molecule is Cc1ccc(C(CC2CSc3ccccc32)C(=O)O)cc1. The van der Waals surface area contributed by atoms with E-state index in [0.717, 1.165) is 16.9 Å². The molecule has 3 rings (SSSR count). The van der Waals surface area contributed by atoms with Crippen molar-refractivity contribution in [3.63, 3.8) is 0 Å². The molecule has 0 spiro atoms. The third kappa shape index (κ3) is 2.98. The summed E-state index contributed by atoms with van der Waals surface area (Å²) < 4.78 is 0. The predicted octanol–water partition coefficient (Wildman–Crippen LogP) is 4.44.